The summed E-state index contributed by atoms with van der Waals surface area (Å²) >= 11 is 0. The minimum atomic E-state index is 0.425. The molecule has 0 radical (unpaired) electrons. The Morgan fingerprint density at radius 1 is 1.41 bits per heavy atom. The number of nitrogens with zero attached hydrogens (tertiary/aromatic N) is 1. The number of rotatable bonds is 4. The van der Waals surface area contributed by atoms with Gasteiger partial charge < -0.3 is 10.1 Å². The zero-order chi connectivity index (χ0) is 12.1. The van der Waals surface area contributed by atoms with Crippen molar-refractivity contribution in [3.8, 4) is 0 Å². The molecular weight excluding hydrogens is 212 g/mol. The topological polar surface area (TPSA) is 34.2 Å². The Morgan fingerprint density at radius 3 is 3.00 bits per heavy atom. The van der Waals surface area contributed by atoms with Gasteiger partial charge in [-0.05, 0) is 24.8 Å². The Kier molecular flexibility index (Phi) is 4.37. The van der Waals surface area contributed by atoms with Crippen LogP contribution in [-0.4, -0.2) is 18.1 Å². The van der Waals surface area contributed by atoms with Gasteiger partial charge >= 0.3 is 0 Å². The lowest BCUT2D eigenvalue weighted by molar-refractivity contribution is -0.0153. The molecule has 0 spiro atoms. The molecule has 1 aromatic heterocycles. The summed E-state index contributed by atoms with van der Waals surface area (Å²) in [6.07, 6.45) is 7.40. The first-order chi connectivity index (χ1) is 8.31. The van der Waals surface area contributed by atoms with Crippen LogP contribution in [0.5, 0.6) is 0 Å². The summed E-state index contributed by atoms with van der Waals surface area (Å²) in [5, 5.41) is 3.10. The Morgan fingerprint density at radius 2 is 2.24 bits per heavy atom. The van der Waals surface area contributed by atoms with E-state index in [9.17, 15) is 0 Å². The summed E-state index contributed by atoms with van der Waals surface area (Å²) in [6, 6.07) is 4.04. The second-order valence-corrected chi connectivity index (χ2v) is 4.87. The minimum absolute atomic E-state index is 0.425. The summed E-state index contributed by atoms with van der Waals surface area (Å²) in [5.41, 5.74) is 1.15. The zero-order valence-electron chi connectivity index (χ0n) is 10.8. The van der Waals surface area contributed by atoms with Crippen LogP contribution >= 0.6 is 0 Å². The molecule has 1 aliphatic rings. The van der Waals surface area contributed by atoms with Gasteiger partial charge in [0.15, 0.2) is 0 Å². The van der Waals surface area contributed by atoms with Crippen LogP contribution in [0.2, 0.25) is 0 Å². The first kappa shape index (κ1) is 12.4. The van der Waals surface area contributed by atoms with Crippen molar-refractivity contribution >= 4 is 5.82 Å². The summed E-state index contributed by atoms with van der Waals surface area (Å²) < 4.78 is 6.04. The zero-order valence-corrected chi connectivity index (χ0v) is 10.8. The fraction of sp³-hybridized carbons (Fsp3) is 0.643. The maximum Gasteiger partial charge on any atom is 0.131 e. The van der Waals surface area contributed by atoms with E-state index in [0.717, 1.165) is 11.4 Å². The molecular formula is C14H22N2O. The summed E-state index contributed by atoms with van der Waals surface area (Å²) in [4.78, 5) is 4.29. The Labute approximate surface area is 104 Å². The summed E-state index contributed by atoms with van der Waals surface area (Å²) in [5.74, 6) is 1.62. The largest absolute Gasteiger partial charge is 0.373 e. The number of nitrogens with one attached hydrogen (secondary N) is 1. The Hall–Kier alpha value is -1.09. The molecule has 0 aromatic carbocycles. The van der Waals surface area contributed by atoms with Gasteiger partial charge in [-0.15, -0.1) is 0 Å². The van der Waals surface area contributed by atoms with Crippen molar-refractivity contribution in [1.29, 1.82) is 0 Å². The van der Waals surface area contributed by atoms with Gasteiger partial charge in [0.05, 0.1) is 12.7 Å². The normalized spacial score (nSPS) is 24.6. The average molecular weight is 234 g/mol. The first-order valence-corrected chi connectivity index (χ1v) is 6.54. The van der Waals surface area contributed by atoms with E-state index in [1.807, 2.05) is 13.1 Å². The van der Waals surface area contributed by atoms with E-state index < -0.39 is 0 Å². The second-order valence-electron chi connectivity index (χ2n) is 4.87. The molecule has 0 bridgehead atoms. The lowest BCUT2D eigenvalue weighted by Crippen LogP contribution is -2.25. The van der Waals surface area contributed by atoms with E-state index in [4.69, 9.17) is 4.74 Å². The monoisotopic (exact) mass is 234 g/mol. The summed E-state index contributed by atoms with van der Waals surface area (Å²) in [7, 11) is 1.90. The predicted octanol–water partition coefficient (Wildman–Crippen LogP) is 3.22. The minimum Gasteiger partial charge on any atom is -0.373 e. The molecule has 1 saturated carbocycles. The number of aromatic nitrogens is 1. The standard InChI is InChI=1S/C14H22N2O/c1-11-6-3-4-8-13(11)17-10-12-7-5-9-16-14(12)15-2/h5,7,9,11,13H,3-4,6,8,10H2,1-2H3,(H,15,16). The smallest absolute Gasteiger partial charge is 0.131 e. The van der Waals surface area contributed by atoms with Gasteiger partial charge in [-0.1, -0.05) is 25.8 Å². The molecule has 0 saturated heterocycles. The summed E-state index contributed by atoms with van der Waals surface area (Å²) in [6.45, 7) is 2.96. The highest BCUT2D eigenvalue weighted by molar-refractivity contribution is 5.42. The van der Waals surface area contributed by atoms with Crippen molar-refractivity contribution in [2.75, 3.05) is 12.4 Å². The number of hydrogen-bond donors (Lipinski definition) is 1. The second kappa shape index (κ2) is 6.01. The van der Waals surface area contributed by atoms with E-state index in [0.29, 0.717) is 18.6 Å². The van der Waals surface area contributed by atoms with E-state index in [1.54, 1.807) is 6.20 Å². The van der Waals surface area contributed by atoms with Crippen LogP contribution in [0.1, 0.15) is 38.2 Å². The van der Waals surface area contributed by atoms with Gasteiger partial charge in [-0.25, -0.2) is 4.98 Å². The molecule has 0 amide bonds. The average Bonchev–Trinajstić information content (AvgIpc) is 2.38. The molecule has 2 rings (SSSR count). The number of pyridine rings is 1. The Balaban J connectivity index is 1.92. The van der Waals surface area contributed by atoms with Crippen molar-refractivity contribution in [3.63, 3.8) is 0 Å². The van der Waals surface area contributed by atoms with Gasteiger partial charge in [0.25, 0.3) is 0 Å². The van der Waals surface area contributed by atoms with Crippen LogP contribution in [-0.2, 0) is 11.3 Å². The van der Waals surface area contributed by atoms with Gasteiger partial charge in [0.1, 0.15) is 5.82 Å². The van der Waals surface area contributed by atoms with Crippen molar-refractivity contribution < 1.29 is 4.74 Å². The highest BCUT2D eigenvalue weighted by Gasteiger charge is 2.21. The molecule has 1 aromatic rings. The third-order valence-electron chi connectivity index (χ3n) is 3.61. The highest BCUT2D eigenvalue weighted by atomic mass is 16.5. The van der Waals surface area contributed by atoms with Gasteiger partial charge in [0, 0.05) is 18.8 Å². The van der Waals surface area contributed by atoms with E-state index in [1.165, 1.54) is 25.7 Å². The van der Waals surface area contributed by atoms with Gasteiger partial charge in [-0.2, -0.15) is 0 Å². The molecule has 3 nitrogen and oxygen atoms in total. The lowest BCUT2D eigenvalue weighted by Gasteiger charge is -2.28. The molecule has 94 valence electrons. The van der Waals surface area contributed by atoms with Crippen molar-refractivity contribution in [1.82, 2.24) is 4.98 Å². The van der Waals surface area contributed by atoms with Crippen LogP contribution in [0.3, 0.4) is 0 Å². The van der Waals surface area contributed by atoms with E-state index >= 15 is 0 Å². The van der Waals surface area contributed by atoms with Gasteiger partial charge in [0.2, 0.25) is 0 Å². The van der Waals surface area contributed by atoms with Crippen molar-refractivity contribution in [3.05, 3.63) is 23.9 Å². The van der Waals surface area contributed by atoms with Crippen molar-refractivity contribution in [2.45, 2.75) is 45.3 Å². The maximum absolute atomic E-state index is 6.04. The fourth-order valence-corrected chi connectivity index (χ4v) is 2.51. The molecule has 3 heteroatoms. The van der Waals surface area contributed by atoms with E-state index in [-0.39, 0.29) is 0 Å². The van der Waals surface area contributed by atoms with Crippen LogP contribution in [0, 0.1) is 5.92 Å². The molecule has 2 unspecified atom stereocenters. The molecule has 1 aliphatic carbocycles. The third-order valence-corrected chi connectivity index (χ3v) is 3.61. The van der Waals surface area contributed by atoms with Gasteiger partial charge in [-0.3, -0.25) is 0 Å². The first-order valence-electron chi connectivity index (χ1n) is 6.54. The number of hydrogen-bond acceptors (Lipinski definition) is 3. The third kappa shape index (κ3) is 3.19. The van der Waals surface area contributed by atoms with Crippen LogP contribution in [0.4, 0.5) is 5.82 Å². The quantitative estimate of drug-likeness (QED) is 0.868. The molecule has 1 heterocycles. The van der Waals surface area contributed by atoms with Crippen LogP contribution in [0.25, 0.3) is 0 Å². The number of anilines is 1. The van der Waals surface area contributed by atoms with Crippen molar-refractivity contribution in [2.24, 2.45) is 5.92 Å². The number of ether oxygens (including phenoxy) is 1. The van der Waals surface area contributed by atoms with Crippen LogP contribution < -0.4 is 5.32 Å². The van der Waals surface area contributed by atoms with Crippen LogP contribution in [0.15, 0.2) is 18.3 Å². The molecule has 17 heavy (non-hydrogen) atoms. The lowest BCUT2D eigenvalue weighted by atomic mass is 9.88. The Bertz CT molecular complexity index is 354. The molecule has 0 aliphatic heterocycles. The molecule has 2 atom stereocenters. The maximum atomic E-state index is 6.04. The van der Waals surface area contributed by atoms with E-state index in [2.05, 4.69) is 23.3 Å². The highest BCUT2D eigenvalue weighted by Crippen LogP contribution is 2.27. The SMILES string of the molecule is CNc1ncccc1COC1CCCCC1C. The molecule has 1 N–H and O–H groups in total. The predicted molar refractivity (Wildman–Crippen MR) is 70.0 cm³/mol. The molecule has 1 fully saturated rings. The fourth-order valence-electron chi connectivity index (χ4n) is 2.51.